The fourth-order valence-corrected chi connectivity index (χ4v) is 3.54. The van der Waals surface area contributed by atoms with Gasteiger partial charge in [-0.05, 0) is 39.9 Å². The minimum atomic E-state index is -1.39. The number of esters is 1. The summed E-state index contributed by atoms with van der Waals surface area (Å²) in [6.45, 7) is 18.7. The Morgan fingerprint density at radius 1 is 0.780 bits per heavy atom. The molecule has 3 atom stereocenters. The van der Waals surface area contributed by atoms with E-state index in [4.69, 9.17) is 29.4 Å². The molecule has 1 rings (SSSR count). The van der Waals surface area contributed by atoms with Crippen LogP contribution in [-0.4, -0.2) is 55.2 Å². The smallest absolute Gasteiger partial charge is 0.480 e. The largest absolute Gasteiger partial charge is 0.513 e. The van der Waals surface area contributed by atoms with Crippen LogP contribution in [0.1, 0.15) is 87.1 Å². The monoisotopic (exact) mass is 581 g/mol. The number of benzene rings is 1. The summed E-state index contributed by atoms with van der Waals surface area (Å²) < 4.78 is 26.5. The maximum Gasteiger partial charge on any atom is 0.513 e. The van der Waals surface area contributed by atoms with Gasteiger partial charge >= 0.3 is 24.2 Å². The lowest BCUT2D eigenvalue weighted by molar-refractivity contribution is -0.147. The molecule has 232 valence electrons. The molecule has 0 saturated carbocycles. The summed E-state index contributed by atoms with van der Waals surface area (Å²) in [4.78, 5) is 49.1. The van der Waals surface area contributed by atoms with Crippen LogP contribution in [0.5, 0.6) is 11.5 Å². The molecule has 0 aromatic heterocycles. The molecule has 1 aromatic rings. The van der Waals surface area contributed by atoms with E-state index < -0.39 is 42.1 Å². The SMILES string of the molecule is CC(COC(=O)CC(C)(C)C)C(c1ccc(OC(=O)OCC(C)(C)C)c(OC(=O)OCC(C)(C)C)c1)[C@H](N)C(=O)O. The molecule has 0 saturated heterocycles. The Morgan fingerprint density at radius 2 is 1.27 bits per heavy atom. The molecule has 2 unspecified atom stereocenters. The number of hydrogen-bond donors (Lipinski definition) is 2. The normalized spacial score (nSPS) is 14.3. The Hall–Kier alpha value is -3.34. The van der Waals surface area contributed by atoms with Crippen LogP contribution in [0.15, 0.2) is 18.2 Å². The first-order chi connectivity index (χ1) is 18.6. The first kappa shape index (κ1) is 35.7. The van der Waals surface area contributed by atoms with Crippen molar-refractivity contribution in [3.63, 3.8) is 0 Å². The van der Waals surface area contributed by atoms with Crippen LogP contribution in [0, 0.1) is 22.2 Å². The summed E-state index contributed by atoms with van der Waals surface area (Å²) in [5.74, 6) is -3.46. The number of carbonyl (C=O) groups excluding carboxylic acids is 3. The van der Waals surface area contributed by atoms with Crippen LogP contribution in [0.4, 0.5) is 9.59 Å². The Morgan fingerprint density at radius 3 is 1.71 bits per heavy atom. The summed E-state index contributed by atoms with van der Waals surface area (Å²) in [5.41, 5.74) is 5.49. The Bertz CT molecular complexity index is 1060. The highest BCUT2D eigenvalue weighted by Crippen LogP contribution is 2.36. The van der Waals surface area contributed by atoms with Crippen LogP contribution < -0.4 is 15.2 Å². The molecule has 41 heavy (non-hydrogen) atoms. The number of carboxylic acids is 1. The molecule has 1 aromatic carbocycles. The van der Waals surface area contributed by atoms with E-state index in [9.17, 15) is 24.3 Å². The third-order valence-electron chi connectivity index (χ3n) is 5.45. The second-order valence-electron chi connectivity index (χ2n) is 13.9. The molecule has 11 heteroatoms. The van der Waals surface area contributed by atoms with Gasteiger partial charge in [0.25, 0.3) is 0 Å². The zero-order valence-electron chi connectivity index (χ0n) is 26.0. The van der Waals surface area contributed by atoms with Crippen LogP contribution >= 0.6 is 0 Å². The Kier molecular flexibility index (Phi) is 12.6. The summed E-state index contributed by atoms with van der Waals surface area (Å²) >= 11 is 0. The molecule has 0 bridgehead atoms. The minimum absolute atomic E-state index is 0.0544. The predicted octanol–water partition coefficient (Wildman–Crippen LogP) is 5.92. The fraction of sp³-hybridized carbons (Fsp3) is 0.667. The van der Waals surface area contributed by atoms with Crippen molar-refractivity contribution in [1.29, 1.82) is 0 Å². The van der Waals surface area contributed by atoms with E-state index in [1.807, 2.05) is 62.3 Å². The highest BCUT2D eigenvalue weighted by atomic mass is 16.7. The van der Waals surface area contributed by atoms with Crippen molar-refractivity contribution in [2.24, 2.45) is 27.9 Å². The average molecular weight is 582 g/mol. The zero-order valence-corrected chi connectivity index (χ0v) is 26.0. The Balaban J connectivity index is 3.36. The second kappa shape index (κ2) is 14.5. The van der Waals surface area contributed by atoms with Gasteiger partial charge in [-0.2, -0.15) is 0 Å². The van der Waals surface area contributed by atoms with E-state index in [-0.39, 0.29) is 54.0 Å². The molecule has 0 aliphatic heterocycles. The fourth-order valence-electron chi connectivity index (χ4n) is 3.54. The molecule has 0 radical (unpaired) electrons. The van der Waals surface area contributed by atoms with Crippen molar-refractivity contribution in [1.82, 2.24) is 0 Å². The molecular formula is C30H47NO10. The topological polar surface area (TPSA) is 161 Å². The zero-order chi connectivity index (χ0) is 31.8. The van der Waals surface area contributed by atoms with Gasteiger partial charge in [0.05, 0.1) is 26.2 Å². The van der Waals surface area contributed by atoms with Gasteiger partial charge in [0.2, 0.25) is 0 Å². The molecular weight excluding hydrogens is 534 g/mol. The average Bonchev–Trinajstić information content (AvgIpc) is 2.79. The van der Waals surface area contributed by atoms with E-state index in [0.29, 0.717) is 5.56 Å². The third-order valence-corrected chi connectivity index (χ3v) is 5.45. The predicted molar refractivity (Wildman–Crippen MR) is 152 cm³/mol. The van der Waals surface area contributed by atoms with Gasteiger partial charge in [-0.25, -0.2) is 9.59 Å². The number of rotatable bonds is 11. The molecule has 0 amide bonds. The molecule has 3 N–H and O–H groups in total. The van der Waals surface area contributed by atoms with Gasteiger partial charge in [0.15, 0.2) is 11.5 Å². The number of nitrogens with two attached hydrogens (primary N) is 1. The highest BCUT2D eigenvalue weighted by Gasteiger charge is 2.33. The van der Waals surface area contributed by atoms with Crippen molar-refractivity contribution in [2.75, 3.05) is 19.8 Å². The highest BCUT2D eigenvalue weighted by molar-refractivity contribution is 5.75. The number of carbonyl (C=O) groups is 4. The van der Waals surface area contributed by atoms with Crippen molar-refractivity contribution in [3.05, 3.63) is 23.8 Å². The molecule has 0 aliphatic carbocycles. The van der Waals surface area contributed by atoms with E-state index in [2.05, 4.69) is 0 Å². The van der Waals surface area contributed by atoms with Crippen molar-refractivity contribution in [2.45, 2.75) is 87.6 Å². The van der Waals surface area contributed by atoms with Crippen molar-refractivity contribution in [3.8, 4) is 11.5 Å². The molecule has 11 nitrogen and oxygen atoms in total. The van der Waals surface area contributed by atoms with Gasteiger partial charge in [-0.1, -0.05) is 75.3 Å². The maximum atomic E-state index is 12.5. The maximum absolute atomic E-state index is 12.5. The van der Waals surface area contributed by atoms with Crippen molar-refractivity contribution < 1.29 is 48.0 Å². The van der Waals surface area contributed by atoms with Gasteiger partial charge in [-0.3, -0.25) is 9.59 Å². The minimum Gasteiger partial charge on any atom is -0.480 e. The van der Waals surface area contributed by atoms with E-state index in [1.54, 1.807) is 6.92 Å². The van der Waals surface area contributed by atoms with Crippen LogP contribution in [0.25, 0.3) is 0 Å². The van der Waals surface area contributed by atoms with Crippen LogP contribution in [0.3, 0.4) is 0 Å². The van der Waals surface area contributed by atoms with Crippen molar-refractivity contribution >= 4 is 24.2 Å². The lowest BCUT2D eigenvalue weighted by atomic mass is 9.82. The van der Waals surface area contributed by atoms with E-state index >= 15 is 0 Å². The van der Waals surface area contributed by atoms with E-state index in [0.717, 1.165) is 0 Å². The van der Waals surface area contributed by atoms with E-state index in [1.165, 1.54) is 18.2 Å². The number of carboxylic acid groups (broad SMARTS) is 1. The molecule has 0 fully saturated rings. The summed E-state index contributed by atoms with van der Waals surface area (Å²) in [7, 11) is 0. The second-order valence-corrected chi connectivity index (χ2v) is 13.9. The standard InChI is InChI=1S/C30H47NO10/c1-18(15-37-22(32)14-28(2,3)4)23(24(31)25(33)34)19-11-12-20(40-26(35)38-16-29(5,6)7)21(13-19)41-27(36)39-17-30(8,9)10/h11-13,18,23-24H,14-17,31H2,1-10H3,(H,33,34)/t18?,23?,24-/m0/s1. The Labute approximate surface area is 243 Å². The van der Waals surface area contributed by atoms with Gasteiger partial charge in [-0.15, -0.1) is 0 Å². The van der Waals surface area contributed by atoms with Gasteiger partial charge in [0.1, 0.15) is 6.04 Å². The first-order valence-electron chi connectivity index (χ1n) is 13.6. The van der Waals surface area contributed by atoms with Crippen LogP contribution in [0.2, 0.25) is 0 Å². The molecule has 0 spiro atoms. The van der Waals surface area contributed by atoms with Crippen LogP contribution in [-0.2, 0) is 23.8 Å². The van der Waals surface area contributed by atoms with Gasteiger partial charge < -0.3 is 34.5 Å². The number of hydrogen-bond acceptors (Lipinski definition) is 10. The number of aliphatic carboxylic acids is 1. The first-order valence-corrected chi connectivity index (χ1v) is 13.6. The third kappa shape index (κ3) is 14.2. The lowest BCUT2D eigenvalue weighted by Gasteiger charge is -2.28. The number of ether oxygens (including phenoxy) is 5. The summed E-state index contributed by atoms with van der Waals surface area (Å²) in [5, 5.41) is 9.73. The molecule has 0 aliphatic rings. The van der Waals surface area contributed by atoms with Gasteiger partial charge in [0, 0.05) is 5.92 Å². The lowest BCUT2D eigenvalue weighted by Crippen LogP contribution is -2.40. The summed E-state index contributed by atoms with van der Waals surface area (Å²) in [6, 6.07) is 2.81. The summed E-state index contributed by atoms with van der Waals surface area (Å²) in [6.07, 6.45) is -1.88. The quantitative estimate of drug-likeness (QED) is 0.181. The molecule has 0 heterocycles.